The lowest BCUT2D eigenvalue weighted by Gasteiger charge is -2.15. The number of oxime groups is 1. The largest absolute Gasteiger partial charge is 0.490 e. The van der Waals surface area contributed by atoms with Crippen LogP contribution in [0.3, 0.4) is 0 Å². The van der Waals surface area contributed by atoms with Crippen LogP contribution in [0.2, 0.25) is 0 Å². The molecule has 0 saturated carbocycles. The SMILES string of the molecule is CC(=NOCCOc1ccc(C[C@H](Oc2ccc(C)cc2)C(=O)O)cc1)c1ccc(-c2ccccc2)cc1. The summed E-state index contributed by atoms with van der Waals surface area (Å²) in [6.07, 6.45) is -0.735. The summed E-state index contributed by atoms with van der Waals surface area (Å²) in [4.78, 5) is 17.1. The zero-order valence-electron chi connectivity index (χ0n) is 21.5. The molecule has 6 heteroatoms. The lowest BCUT2D eigenvalue weighted by Crippen LogP contribution is -2.29. The van der Waals surface area contributed by atoms with E-state index in [0.29, 0.717) is 24.7 Å². The summed E-state index contributed by atoms with van der Waals surface area (Å²) in [6.45, 7) is 4.50. The molecular formula is C32H31NO5. The van der Waals surface area contributed by atoms with Crippen molar-refractivity contribution in [2.24, 2.45) is 5.16 Å². The highest BCUT2D eigenvalue weighted by Crippen LogP contribution is 2.20. The monoisotopic (exact) mass is 509 g/mol. The molecule has 0 bridgehead atoms. The Hall–Kier alpha value is -4.58. The Morgan fingerprint density at radius 2 is 1.42 bits per heavy atom. The van der Waals surface area contributed by atoms with Crippen LogP contribution in [0, 0.1) is 6.92 Å². The highest BCUT2D eigenvalue weighted by atomic mass is 16.6. The number of hydrogen-bond acceptors (Lipinski definition) is 5. The van der Waals surface area contributed by atoms with Gasteiger partial charge in [0.05, 0.1) is 5.71 Å². The Morgan fingerprint density at radius 1 is 0.789 bits per heavy atom. The third-order valence-corrected chi connectivity index (χ3v) is 5.97. The van der Waals surface area contributed by atoms with Crippen LogP contribution in [0.15, 0.2) is 108 Å². The van der Waals surface area contributed by atoms with Crippen LogP contribution in [0.5, 0.6) is 11.5 Å². The molecule has 38 heavy (non-hydrogen) atoms. The molecule has 0 unspecified atom stereocenters. The minimum Gasteiger partial charge on any atom is -0.490 e. The Labute approximate surface area is 223 Å². The van der Waals surface area contributed by atoms with Crippen molar-refractivity contribution in [2.75, 3.05) is 13.2 Å². The lowest BCUT2D eigenvalue weighted by molar-refractivity contribution is -0.145. The second-order valence-corrected chi connectivity index (χ2v) is 8.91. The van der Waals surface area contributed by atoms with E-state index in [0.717, 1.165) is 28.0 Å². The van der Waals surface area contributed by atoms with Gasteiger partial charge in [0.1, 0.15) is 18.1 Å². The average Bonchev–Trinajstić information content (AvgIpc) is 2.95. The molecule has 4 rings (SSSR count). The molecular weight excluding hydrogens is 478 g/mol. The van der Waals surface area contributed by atoms with Gasteiger partial charge in [0.15, 0.2) is 12.7 Å². The average molecular weight is 510 g/mol. The summed E-state index contributed by atoms with van der Waals surface area (Å²) in [5.74, 6) is 0.192. The molecule has 0 spiro atoms. The zero-order valence-corrected chi connectivity index (χ0v) is 21.5. The topological polar surface area (TPSA) is 77.3 Å². The fraction of sp³-hybridized carbons (Fsp3) is 0.188. The number of hydrogen-bond donors (Lipinski definition) is 1. The van der Waals surface area contributed by atoms with E-state index in [-0.39, 0.29) is 6.42 Å². The number of nitrogens with zero attached hydrogens (tertiary/aromatic N) is 1. The first kappa shape index (κ1) is 26.5. The Bertz CT molecular complexity index is 1330. The van der Waals surface area contributed by atoms with E-state index in [1.807, 2.05) is 80.6 Å². The highest BCUT2D eigenvalue weighted by Gasteiger charge is 2.20. The molecule has 0 aliphatic carbocycles. The van der Waals surface area contributed by atoms with Gasteiger partial charge in [0, 0.05) is 6.42 Å². The summed E-state index contributed by atoms with van der Waals surface area (Å²) in [5, 5.41) is 13.8. The third-order valence-electron chi connectivity index (χ3n) is 5.97. The van der Waals surface area contributed by atoms with Gasteiger partial charge in [-0.2, -0.15) is 0 Å². The third kappa shape index (κ3) is 7.71. The quantitative estimate of drug-likeness (QED) is 0.133. The molecule has 4 aromatic carbocycles. The summed E-state index contributed by atoms with van der Waals surface area (Å²) in [5.41, 5.74) is 6.03. The second kappa shape index (κ2) is 13.1. The van der Waals surface area contributed by atoms with Gasteiger partial charge < -0.3 is 19.4 Å². The number of aliphatic carboxylic acids is 1. The first-order valence-electron chi connectivity index (χ1n) is 12.5. The molecule has 4 aromatic rings. The van der Waals surface area contributed by atoms with Crippen LogP contribution in [-0.2, 0) is 16.1 Å². The molecule has 0 aliphatic heterocycles. The molecule has 0 fully saturated rings. The van der Waals surface area contributed by atoms with Crippen molar-refractivity contribution in [2.45, 2.75) is 26.4 Å². The van der Waals surface area contributed by atoms with Gasteiger partial charge in [0.25, 0.3) is 0 Å². The Kier molecular flexibility index (Phi) is 9.13. The number of benzene rings is 4. The van der Waals surface area contributed by atoms with Crippen molar-refractivity contribution in [3.05, 3.63) is 120 Å². The van der Waals surface area contributed by atoms with Crippen molar-refractivity contribution < 1.29 is 24.2 Å². The minimum atomic E-state index is -1.01. The smallest absolute Gasteiger partial charge is 0.345 e. The van der Waals surface area contributed by atoms with E-state index in [1.54, 1.807) is 12.1 Å². The molecule has 0 aromatic heterocycles. The summed E-state index contributed by atoms with van der Waals surface area (Å²) < 4.78 is 11.4. The van der Waals surface area contributed by atoms with Crippen LogP contribution in [0.25, 0.3) is 11.1 Å². The van der Waals surface area contributed by atoms with E-state index >= 15 is 0 Å². The van der Waals surface area contributed by atoms with Crippen LogP contribution in [0.4, 0.5) is 0 Å². The van der Waals surface area contributed by atoms with Gasteiger partial charge in [-0.05, 0) is 60.4 Å². The van der Waals surface area contributed by atoms with E-state index in [9.17, 15) is 9.90 Å². The van der Waals surface area contributed by atoms with E-state index in [1.165, 1.54) is 5.56 Å². The Morgan fingerprint density at radius 3 is 2.08 bits per heavy atom. The van der Waals surface area contributed by atoms with Gasteiger partial charge in [-0.1, -0.05) is 89.6 Å². The maximum absolute atomic E-state index is 11.7. The molecule has 1 N–H and O–H groups in total. The molecule has 6 nitrogen and oxygen atoms in total. The number of carboxylic acid groups (broad SMARTS) is 1. The van der Waals surface area contributed by atoms with Gasteiger partial charge in [0.2, 0.25) is 0 Å². The highest BCUT2D eigenvalue weighted by molar-refractivity contribution is 5.98. The molecule has 0 radical (unpaired) electrons. The molecule has 194 valence electrons. The number of ether oxygens (including phenoxy) is 2. The predicted octanol–water partition coefficient (Wildman–Crippen LogP) is 6.56. The zero-order chi connectivity index (χ0) is 26.7. The molecule has 0 amide bonds. The van der Waals surface area contributed by atoms with Gasteiger partial charge in [-0.15, -0.1) is 0 Å². The second-order valence-electron chi connectivity index (χ2n) is 8.91. The fourth-order valence-corrected chi connectivity index (χ4v) is 3.82. The lowest BCUT2D eigenvalue weighted by atomic mass is 10.0. The van der Waals surface area contributed by atoms with Crippen molar-refractivity contribution in [3.8, 4) is 22.6 Å². The number of aryl methyl sites for hydroxylation is 1. The standard InChI is InChI=1S/C32H31NO5/c1-23-8-16-30(17-9-23)38-31(32(34)35)22-25-10-18-29(19-11-25)36-20-21-37-33-24(2)26-12-14-28(15-13-26)27-6-4-3-5-7-27/h3-19,31H,20-22H2,1-2H3,(H,34,35)/t31-/m0/s1. The van der Waals surface area contributed by atoms with Gasteiger partial charge >= 0.3 is 5.97 Å². The molecule has 0 saturated heterocycles. The van der Waals surface area contributed by atoms with Crippen molar-refractivity contribution >= 4 is 11.7 Å². The summed E-state index contributed by atoms with van der Waals surface area (Å²) in [7, 11) is 0. The number of carbonyl (C=O) groups is 1. The van der Waals surface area contributed by atoms with Gasteiger partial charge in [-0.3, -0.25) is 0 Å². The first-order chi connectivity index (χ1) is 18.5. The van der Waals surface area contributed by atoms with Crippen molar-refractivity contribution in [1.29, 1.82) is 0 Å². The molecule has 0 heterocycles. The molecule has 0 aliphatic rings. The number of carboxylic acids is 1. The fourth-order valence-electron chi connectivity index (χ4n) is 3.82. The van der Waals surface area contributed by atoms with Crippen LogP contribution in [-0.4, -0.2) is 36.1 Å². The normalized spacial score (nSPS) is 12.0. The van der Waals surface area contributed by atoms with Gasteiger partial charge in [-0.25, -0.2) is 4.79 Å². The Balaban J connectivity index is 1.21. The minimum absolute atomic E-state index is 0.243. The summed E-state index contributed by atoms with van der Waals surface area (Å²) >= 11 is 0. The number of rotatable bonds is 12. The van der Waals surface area contributed by atoms with Crippen molar-refractivity contribution in [3.63, 3.8) is 0 Å². The maximum Gasteiger partial charge on any atom is 0.345 e. The van der Waals surface area contributed by atoms with Crippen LogP contribution < -0.4 is 9.47 Å². The van der Waals surface area contributed by atoms with E-state index in [4.69, 9.17) is 14.3 Å². The van der Waals surface area contributed by atoms with Crippen LogP contribution in [0.1, 0.15) is 23.6 Å². The van der Waals surface area contributed by atoms with E-state index in [2.05, 4.69) is 29.4 Å². The summed E-state index contributed by atoms with van der Waals surface area (Å²) in [6, 6.07) is 33.1. The van der Waals surface area contributed by atoms with Crippen molar-refractivity contribution in [1.82, 2.24) is 0 Å². The van der Waals surface area contributed by atoms with E-state index < -0.39 is 12.1 Å². The predicted molar refractivity (Wildman–Crippen MR) is 149 cm³/mol. The van der Waals surface area contributed by atoms with Crippen LogP contribution >= 0.6 is 0 Å². The maximum atomic E-state index is 11.7. The first-order valence-corrected chi connectivity index (χ1v) is 12.5. The molecule has 1 atom stereocenters.